The molecule has 2 nitrogen and oxygen atoms in total. The van der Waals surface area contributed by atoms with Gasteiger partial charge in [0.1, 0.15) is 0 Å². The molecule has 90 valence electrons. The highest BCUT2D eigenvalue weighted by atomic mass is 16.5. The van der Waals surface area contributed by atoms with E-state index in [-0.39, 0.29) is 6.10 Å². The molecule has 1 saturated heterocycles. The van der Waals surface area contributed by atoms with Crippen LogP contribution in [0, 0.1) is 11.8 Å². The van der Waals surface area contributed by atoms with Crippen molar-refractivity contribution in [2.24, 2.45) is 11.8 Å². The summed E-state index contributed by atoms with van der Waals surface area (Å²) in [4.78, 5) is 0. The topological polar surface area (TPSA) is 29.5 Å². The molecule has 0 spiro atoms. The smallest absolute Gasteiger partial charge is 0.0694 e. The van der Waals surface area contributed by atoms with Crippen LogP contribution in [0.5, 0.6) is 0 Å². The molecule has 1 rings (SSSR count). The standard InChI is InChI=1S/C13H26O2/c1-10(2)5-6-13(14)7-8-15-12(9-13)11(3)4/h10-12,14H,5-9H2,1-4H3. The Morgan fingerprint density at radius 2 is 2.00 bits per heavy atom. The van der Waals surface area contributed by atoms with Crippen molar-refractivity contribution in [2.75, 3.05) is 6.61 Å². The van der Waals surface area contributed by atoms with Gasteiger partial charge < -0.3 is 9.84 Å². The van der Waals surface area contributed by atoms with Gasteiger partial charge in [-0.25, -0.2) is 0 Å². The van der Waals surface area contributed by atoms with E-state index in [1.165, 1.54) is 0 Å². The predicted octanol–water partition coefficient (Wildman–Crippen LogP) is 2.99. The van der Waals surface area contributed by atoms with E-state index in [2.05, 4.69) is 27.7 Å². The molecule has 0 bridgehead atoms. The molecule has 0 radical (unpaired) electrons. The lowest BCUT2D eigenvalue weighted by molar-refractivity contribution is -0.121. The zero-order valence-electron chi connectivity index (χ0n) is 10.6. The van der Waals surface area contributed by atoms with E-state index in [1.54, 1.807) is 0 Å². The quantitative estimate of drug-likeness (QED) is 0.779. The third kappa shape index (κ3) is 4.12. The molecule has 2 heteroatoms. The molecule has 1 fully saturated rings. The summed E-state index contributed by atoms with van der Waals surface area (Å²) in [5, 5.41) is 10.5. The van der Waals surface area contributed by atoms with Crippen molar-refractivity contribution >= 4 is 0 Å². The van der Waals surface area contributed by atoms with Crippen molar-refractivity contribution in [3.63, 3.8) is 0 Å². The first-order valence-corrected chi connectivity index (χ1v) is 6.27. The van der Waals surface area contributed by atoms with Crippen LogP contribution in [0.3, 0.4) is 0 Å². The lowest BCUT2D eigenvalue weighted by Crippen LogP contribution is -2.42. The third-order valence-electron chi connectivity index (χ3n) is 3.41. The number of hydrogen-bond donors (Lipinski definition) is 1. The van der Waals surface area contributed by atoms with Gasteiger partial charge in [0.2, 0.25) is 0 Å². The zero-order valence-corrected chi connectivity index (χ0v) is 10.6. The first-order valence-electron chi connectivity index (χ1n) is 6.27. The van der Waals surface area contributed by atoms with Gasteiger partial charge in [-0.2, -0.15) is 0 Å². The minimum Gasteiger partial charge on any atom is -0.390 e. The molecule has 1 heterocycles. The minimum absolute atomic E-state index is 0.246. The summed E-state index contributed by atoms with van der Waals surface area (Å²) in [7, 11) is 0. The number of ether oxygens (including phenoxy) is 1. The van der Waals surface area contributed by atoms with Crippen LogP contribution in [0.1, 0.15) is 53.4 Å². The van der Waals surface area contributed by atoms with Crippen molar-refractivity contribution in [1.29, 1.82) is 0 Å². The van der Waals surface area contributed by atoms with Crippen molar-refractivity contribution < 1.29 is 9.84 Å². The second-order valence-corrected chi connectivity index (χ2v) is 5.76. The van der Waals surface area contributed by atoms with E-state index in [9.17, 15) is 5.11 Å². The maximum absolute atomic E-state index is 10.5. The van der Waals surface area contributed by atoms with Gasteiger partial charge in [-0.05, 0) is 31.1 Å². The Bertz CT molecular complexity index is 189. The van der Waals surface area contributed by atoms with Gasteiger partial charge in [-0.15, -0.1) is 0 Å². The van der Waals surface area contributed by atoms with Crippen molar-refractivity contribution in [3.05, 3.63) is 0 Å². The van der Waals surface area contributed by atoms with Crippen molar-refractivity contribution in [2.45, 2.75) is 65.1 Å². The highest BCUT2D eigenvalue weighted by Gasteiger charge is 2.35. The monoisotopic (exact) mass is 214 g/mol. The molecule has 2 unspecified atom stereocenters. The Balaban J connectivity index is 2.45. The van der Waals surface area contributed by atoms with Gasteiger partial charge in [-0.3, -0.25) is 0 Å². The first kappa shape index (κ1) is 13.0. The van der Waals surface area contributed by atoms with Gasteiger partial charge in [0.05, 0.1) is 11.7 Å². The summed E-state index contributed by atoms with van der Waals surface area (Å²) in [5.41, 5.74) is -0.461. The summed E-state index contributed by atoms with van der Waals surface area (Å²) in [6.45, 7) is 9.47. The first-order chi connectivity index (χ1) is 6.93. The van der Waals surface area contributed by atoms with Gasteiger partial charge in [0.15, 0.2) is 0 Å². The predicted molar refractivity (Wildman–Crippen MR) is 62.8 cm³/mol. The average molecular weight is 214 g/mol. The molecular weight excluding hydrogens is 188 g/mol. The van der Waals surface area contributed by atoms with E-state index in [0.29, 0.717) is 11.8 Å². The van der Waals surface area contributed by atoms with Crippen molar-refractivity contribution in [1.82, 2.24) is 0 Å². The summed E-state index contributed by atoms with van der Waals surface area (Å²) >= 11 is 0. The average Bonchev–Trinajstić information content (AvgIpc) is 2.15. The van der Waals surface area contributed by atoms with Gasteiger partial charge in [0, 0.05) is 13.0 Å². The van der Waals surface area contributed by atoms with Crippen LogP contribution in [0.2, 0.25) is 0 Å². The second-order valence-electron chi connectivity index (χ2n) is 5.76. The van der Waals surface area contributed by atoms with Gasteiger partial charge >= 0.3 is 0 Å². The second kappa shape index (κ2) is 5.31. The molecule has 0 aromatic carbocycles. The maximum atomic E-state index is 10.5. The van der Waals surface area contributed by atoms with Crippen LogP contribution in [0.4, 0.5) is 0 Å². The van der Waals surface area contributed by atoms with Crippen LogP contribution in [0.25, 0.3) is 0 Å². The summed E-state index contributed by atoms with van der Waals surface area (Å²) in [6, 6.07) is 0. The highest BCUT2D eigenvalue weighted by molar-refractivity contribution is 4.87. The molecule has 1 aliphatic heterocycles. The lowest BCUT2D eigenvalue weighted by Gasteiger charge is -2.39. The molecule has 15 heavy (non-hydrogen) atoms. The molecule has 0 aromatic heterocycles. The molecule has 1 aliphatic rings. The fourth-order valence-corrected chi connectivity index (χ4v) is 2.15. The van der Waals surface area contributed by atoms with E-state index in [4.69, 9.17) is 4.74 Å². The summed E-state index contributed by atoms with van der Waals surface area (Å²) < 4.78 is 5.68. The van der Waals surface area contributed by atoms with Crippen LogP contribution < -0.4 is 0 Å². The Kier molecular flexibility index (Phi) is 4.60. The SMILES string of the molecule is CC(C)CCC1(O)CCOC(C(C)C)C1. The van der Waals surface area contributed by atoms with Crippen LogP contribution >= 0.6 is 0 Å². The van der Waals surface area contributed by atoms with Crippen LogP contribution in [-0.2, 0) is 4.74 Å². The normalized spacial score (nSPS) is 32.6. The number of hydrogen-bond acceptors (Lipinski definition) is 2. The molecule has 0 saturated carbocycles. The van der Waals surface area contributed by atoms with Crippen molar-refractivity contribution in [3.8, 4) is 0 Å². The van der Waals surface area contributed by atoms with E-state index >= 15 is 0 Å². The molecule has 2 atom stereocenters. The Morgan fingerprint density at radius 1 is 1.33 bits per heavy atom. The van der Waals surface area contributed by atoms with E-state index in [0.717, 1.165) is 32.3 Å². The largest absolute Gasteiger partial charge is 0.390 e. The van der Waals surface area contributed by atoms with Gasteiger partial charge in [0.25, 0.3) is 0 Å². The molecule has 0 aromatic rings. The number of aliphatic hydroxyl groups is 1. The Morgan fingerprint density at radius 3 is 2.53 bits per heavy atom. The van der Waals surface area contributed by atoms with E-state index < -0.39 is 5.60 Å². The zero-order chi connectivity index (χ0) is 11.5. The fraction of sp³-hybridized carbons (Fsp3) is 1.00. The van der Waals surface area contributed by atoms with Crippen LogP contribution in [-0.4, -0.2) is 23.4 Å². The lowest BCUT2D eigenvalue weighted by atomic mass is 9.82. The Hall–Kier alpha value is -0.0800. The molecule has 1 N–H and O–H groups in total. The molecular formula is C13H26O2. The number of rotatable bonds is 4. The maximum Gasteiger partial charge on any atom is 0.0694 e. The van der Waals surface area contributed by atoms with Gasteiger partial charge in [-0.1, -0.05) is 27.7 Å². The summed E-state index contributed by atoms with van der Waals surface area (Å²) in [6.07, 6.45) is 3.91. The Labute approximate surface area is 94.0 Å². The molecule has 0 amide bonds. The summed E-state index contributed by atoms with van der Waals surface area (Å²) in [5.74, 6) is 1.19. The molecule has 0 aliphatic carbocycles. The van der Waals surface area contributed by atoms with E-state index in [1.807, 2.05) is 0 Å². The minimum atomic E-state index is -0.461. The van der Waals surface area contributed by atoms with Crippen LogP contribution in [0.15, 0.2) is 0 Å². The fourth-order valence-electron chi connectivity index (χ4n) is 2.15. The highest BCUT2D eigenvalue weighted by Crippen LogP contribution is 2.32. The third-order valence-corrected chi connectivity index (χ3v) is 3.41.